The normalized spacial score (nSPS) is 20.7. The summed E-state index contributed by atoms with van der Waals surface area (Å²) in [6.07, 6.45) is 4.73. The van der Waals surface area contributed by atoms with Gasteiger partial charge in [-0.1, -0.05) is 11.3 Å². The van der Waals surface area contributed by atoms with Crippen LogP contribution in [-0.2, 0) is 16.9 Å². The number of urea groups is 1. The molecule has 4 N–H and O–H groups in total. The Balaban J connectivity index is 1.61. The number of aliphatic hydroxyl groups is 2. The van der Waals surface area contributed by atoms with Crippen LogP contribution < -0.4 is 10.6 Å². The largest absolute Gasteiger partial charge is 0.382 e. The second-order valence-electron chi connectivity index (χ2n) is 11.6. The summed E-state index contributed by atoms with van der Waals surface area (Å²) in [4.78, 5) is 31.2. The van der Waals surface area contributed by atoms with E-state index in [1.807, 2.05) is 12.1 Å². The monoisotopic (exact) mass is 619 g/mol. The van der Waals surface area contributed by atoms with E-state index in [0.29, 0.717) is 49.8 Å². The van der Waals surface area contributed by atoms with Crippen LogP contribution in [0.15, 0.2) is 42.9 Å². The number of rotatable bonds is 7. The predicted molar refractivity (Wildman–Crippen MR) is 182 cm³/mol. The van der Waals surface area contributed by atoms with Crippen LogP contribution >= 0.6 is 11.3 Å². The Bertz CT molecular complexity index is 1760. The molecule has 14 radical (unpaired) electrons. The third-order valence-corrected chi connectivity index (χ3v) is 8.46. The van der Waals surface area contributed by atoms with E-state index >= 15 is 0 Å². The number of aromatic nitrogens is 4. The Hall–Kier alpha value is -3.10. The van der Waals surface area contributed by atoms with Crippen LogP contribution in [0.5, 0.6) is 0 Å². The van der Waals surface area contributed by atoms with E-state index < -0.39 is 33.4 Å². The summed E-state index contributed by atoms with van der Waals surface area (Å²) in [6.45, 7) is 5.22. The highest BCUT2D eigenvalue weighted by molar-refractivity contribution is 7.22. The molecule has 2 amide bonds. The van der Waals surface area contributed by atoms with Crippen molar-refractivity contribution < 1.29 is 19.7 Å². The first kappa shape index (κ1) is 34.2. The van der Waals surface area contributed by atoms with Crippen LogP contribution in [0, 0.1) is 0 Å². The lowest BCUT2D eigenvalue weighted by Crippen LogP contribution is -2.85. The highest BCUT2D eigenvalue weighted by atomic mass is 32.1. The van der Waals surface area contributed by atoms with Crippen LogP contribution in [0.25, 0.3) is 32.6 Å². The van der Waals surface area contributed by atoms with Crippen LogP contribution in [0.1, 0.15) is 32.2 Å². The quantitative estimate of drug-likeness (QED) is 0.207. The fraction of sp³-hybridized carbons (Fsp3) is 0.370. The first-order valence-electron chi connectivity index (χ1n) is 14.0. The number of hydrogen-bond acceptors (Lipinski definition) is 10. The summed E-state index contributed by atoms with van der Waals surface area (Å²) < 4.78 is 5.81. The van der Waals surface area contributed by atoms with Gasteiger partial charge in [0.1, 0.15) is 11.3 Å². The number of pyridine rings is 1. The van der Waals surface area contributed by atoms with Crippen molar-refractivity contribution >= 4 is 87.6 Å². The number of morpholine rings is 1. The number of thiazole rings is 1. The zero-order valence-electron chi connectivity index (χ0n) is 25.4. The fourth-order valence-electron chi connectivity index (χ4n) is 4.83. The van der Waals surface area contributed by atoms with Gasteiger partial charge in [0.2, 0.25) is 0 Å². The number of amides is 2. The van der Waals surface area contributed by atoms with Crippen LogP contribution in [0.4, 0.5) is 9.93 Å². The highest BCUT2D eigenvalue weighted by Crippen LogP contribution is 2.42. The molecule has 46 heavy (non-hydrogen) atoms. The van der Waals surface area contributed by atoms with Crippen molar-refractivity contribution in [1.82, 2.24) is 30.2 Å². The van der Waals surface area contributed by atoms with E-state index in [1.165, 1.54) is 17.5 Å². The molecule has 0 saturated carbocycles. The van der Waals surface area contributed by atoms with Gasteiger partial charge in [-0.15, -0.1) is 0 Å². The third kappa shape index (κ3) is 6.27. The van der Waals surface area contributed by atoms with Crippen molar-refractivity contribution in [3.63, 3.8) is 0 Å². The first-order valence-corrected chi connectivity index (χ1v) is 14.8. The van der Waals surface area contributed by atoms with Gasteiger partial charge < -0.3 is 25.2 Å². The van der Waals surface area contributed by atoms with E-state index in [9.17, 15) is 15.0 Å². The molecule has 218 valence electrons. The number of anilines is 1. The van der Waals surface area contributed by atoms with Crippen molar-refractivity contribution in [2.45, 2.75) is 54.7 Å². The van der Waals surface area contributed by atoms with Crippen molar-refractivity contribution in [3.05, 3.63) is 54.2 Å². The van der Waals surface area contributed by atoms with E-state index in [4.69, 9.17) is 59.7 Å². The number of carbonyl (C=O) groups excluding carboxylic acids is 1. The lowest BCUT2D eigenvalue weighted by molar-refractivity contribution is -0.248. The zero-order chi connectivity index (χ0) is 33.9. The predicted octanol–water partition coefficient (Wildman–Crippen LogP) is -0.197. The Kier molecular flexibility index (Phi) is 8.83. The van der Waals surface area contributed by atoms with Crippen molar-refractivity contribution in [3.8, 4) is 22.4 Å². The van der Waals surface area contributed by atoms with Crippen molar-refractivity contribution in [2.24, 2.45) is 0 Å². The number of hydrogen-bond donors (Lipinski definition) is 4. The summed E-state index contributed by atoms with van der Waals surface area (Å²) in [7, 11) is 42.7. The van der Waals surface area contributed by atoms with Gasteiger partial charge in [-0.3, -0.25) is 10.3 Å². The maximum absolute atomic E-state index is 12.3. The van der Waals surface area contributed by atoms with Gasteiger partial charge in [0.05, 0.1) is 63.0 Å². The summed E-state index contributed by atoms with van der Waals surface area (Å²) in [5, 5.41) is 19.9. The second-order valence-corrected chi connectivity index (χ2v) is 12.6. The van der Waals surface area contributed by atoms with Crippen molar-refractivity contribution in [1.29, 1.82) is 0 Å². The molecular formula is C27H24B7N7O4S. The molecule has 4 heterocycles. The lowest BCUT2D eigenvalue weighted by atomic mass is 9.34. The number of nitrogens with one attached hydrogen (secondary N) is 2. The molecule has 19 heteroatoms. The minimum absolute atomic E-state index is 0.198. The molecule has 1 aliphatic heterocycles. The zero-order valence-corrected chi connectivity index (χ0v) is 26.2. The molecule has 1 atom stereocenters. The SMILES string of the molecule is [B]C1([B])OC([B])(O)C([B])([B])N(Cc2ccnc(-c3cc(-c4cnc(C(C)(C)O)nc4)cc4nc(NC(=O)NCC)sc34)c2)C1([B])[B]. The third-order valence-electron chi connectivity index (χ3n) is 7.44. The Morgan fingerprint density at radius 2 is 1.70 bits per heavy atom. The van der Waals surface area contributed by atoms with Crippen LogP contribution in [0.2, 0.25) is 0 Å². The molecule has 11 nitrogen and oxygen atoms in total. The molecule has 4 aromatic rings. The summed E-state index contributed by atoms with van der Waals surface area (Å²) in [5.74, 6) is 0.257. The number of benzene rings is 1. The van der Waals surface area contributed by atoms with Gasteiger partial charge in [0.25, 0.3) is 0 Å². The smallest absolute Gasteiger partial charge is 0.321 e. The number of nitrogens with zero attached hydrogens (tertiary/aromatic N) is 5. The van der Waals surface area contributed by atoms with Gasteiger partial charge >= 0.3 is 6.03 Å². The lowest BCUT2D eigenvalue weighted by Gasteiger charge is -2.68. The molecule has 0 aliphatic carbocycles. The van der Waals surface area contributed by atoms with Crippen LogP contribution in [-0.4, -0.2) is 124 Å². The molecule has 1 aromatic carbocycles. The second kappa shape index (κ2) is 11.9. The van der Waals surface area contributed by atoms with Gasteiger partial charge in [0.15, 0.2) is 18.8 Å². The van der Waals surface area contributed by atoms with Gasteiger partial charge in [-0.05, 0) is 72.2 Å². The molecule has 0 spiro atoms. The summed E-state index contributed by atoms with van der Waals surface area (Å²) in [6, 6.07) is 6.66. The molecule has 0 bridgehead atoms. The van der Waals surface area contributed by atoms with Gasteiger partial charge in [-0.25, -0.2) is 19.7 Å². The van der Waals surface area contributed by atoms with E-state index in [0.717, 1.165) is 4.90 Å². The molecular weight excluding hydrogens is 594 g/mol. The van der Waals surface area contributed by atoms with E-state index in [1.54, 1.807) is 45.3 Å². The average Bonchev–Trinajstić information content (AvgIpc) is 3.36. The number of ether oxygens (including phenoxy) is 1. The van der Waals surface area contributed by atoms with Crippen molar-refractivity contribution in [2.75, 3.05) is 11.9 Å². The molecule has 1 aliphatic rings. The number of fused-ring (bicyclic) bond motifs is 1. The molecule has 1 saturated heterocycles. The Morgan fingerprint density at radius 1 is 1.02 bits per heavy atom. The maximum atomic E-state index is 12.3. The summed E-state index contributed by atoms with van der Waals surface area (Å²) >= 11 is 1.25. The van der Waals surface area contributed by atoms with E-state index in [-0.39, 0.29) is 12.4 Å². The molecule has 1 fully saturated rings. The highest BCUT2D eigenvalue weighted by Gasteiger charge is 2.58. The van der Waals surface area contributed by atoms with Crippen LogP contribution in [0.3, 0.4) is 0 Å². The molecule has 1 unspecified atom stereocenters. The van der Waals surface area contributed by atoms with E-state index in [2.05, 4.69) is 30.6 Å². The minimum Gasteiger partial charge on any atom is -0.382 e. The number of carbonyl (C=O) groups is 1. The topological polar surface area (TPSA) is 146 Å². The first-order chi connectivity index (χ1) is 21.3. The Labute approximate surface area is 280 Å². The fourth-order valence-corrected chi connectivity index (χ4v) is 5.80. The standard InChI is InChI=1S/C27H24B7N7O4S/c1-4-35-21(42)40-22-39-18-9-14(15-10-37-20(38-11-15)23(2,3)43)8-16(19(18)46-22)17-7-13(5-6-36-17)12-41-24(28,29)26(32,33)45-27(34,44)25(41,30)31/h5-11,43-44H,4,12H2,1-3H3,(H2,35,39,40,42). The molecule has 3 aromatic heterocycles. The maximum Gasteiger partial charge on any atom is 0.321 e. The van der Waals surface area contributed by atoms with Gasteiger partial charge in [0, 0.05) is 42.8 Å². The van der Waals surface area contributed by atoms with Gasteiger partial charge in [-0.2, -0.15) is 0 Å². The average molecular weight is 618 g/mol. The minimum atomic E-state index is -2.74. The summed E-state index contributed by atoms with van der Waals surface area (Å²) in [5.41, 5.74) is -0.423. The Morgan fingerprint density at radius 3 is 2.33 bits per heavy atom. The molecule has 5 rings (SSSR count).